The third-order valence-electron chi connectivity index (χ3n) is 9.75. The molecule has 4 aliphatic carbocycles. The van der Waals surface area contributed by atoms with Crippen LogP contribution in [0.1, 0.15) is 57.6 Å². The fourth-order valence-corrected chi connectivity index (χ4v) is 7.51. The topological polar surface area (TPSA) is 91.1 Å². The summed E-state index contributed by atoms with van der Waals surface area (Å²) >= 11 is 0. The van der Waals surface area contributed by atoms with Crippen LogP contribution in [-0.4, -0.2) is 95.1 Å². The summed E-state index contributed by atoms with van der Waals surface area (Å²) in [7, 11) is 0. The Kier molecular flexibility index (Phi) is 6.35. The van der Waals surface area contributed by atoms with Crippen LogP contribution in [0.3, 0.4) is 0 Å². The zero-order chi connectivity index (χ0) is 28.6. The molecule has 0 spiro atoms. The van der Waals surface area contributed by atoms with Crippen molar-refractivity contribution in [1.82, 2.24) is 19.6 Å². The van der Waals surface area contributed by atoms with Gasteiger partial charge < -0.3 is 24.5 Å². The second-order valence-electron chi connectivity index (χ2n) is 11.9. The van der Waals surface area contributed by atoms with Crippen molar-refractivity contribution in [3.8, 4) is 0 Å². The molecule has 4 atom stereocenters. The highest BCUT2D eigenvalue weighted by molar-refractivity contribution is 5.96. The predicted octanol–water partition coefficient (Wildman–Crippen LogP) is 2.61. The summed E-state index contributed by atoms with van der Waals surface area (Å²) in [4.78, 5) is 32.4. The molecule has 1 aromatic carbocycles. The molecule has 2 aliphatic heterocycles. The molecule has 1 N–H and O–H groups in total. The number of carbonyl (C=O) groups is 2. The van der Waals surface area contributed by atoms with Crippen molar-refractivity contribution in [2.24, 2.45) is 11.8 Å². The average Bonchev–Trinajstić information content (AvgIpc) is 3.73. The van der Waals surface area contributed by atoms with Crippen molar-refractivity contribution in [3.05, 3.63) is 46.3 Å². The first-order valence-electron chi connectivity index (χ1n) is 14.5. The third-order valence-corrected chi connectivity index (χ3v) is 9.75. The summed E-state index contributed by atoms with van der Waals surface area (Å²) in [6, 6.07) is 4.23. The molecule has 41 heavy (non-hydrogen) atoms. The largest absolute Gasteiger partial charge is 0.416 e. The normalized spacial score (nSPS) is 26.7. The minimum atomic E-state index is -4.41. The van der Waals surface area contributed by atoms with E-state index >= 15 is 0 Å². The molecule has 9 nitrogen and oxygen atoms in total. The third kappa shape index (κ3) is 4.41. The van der Waals surface area contributed by atoms with E-state index in [0.29, 0.717) is 80.9 Å². The molecule has 2 amide bonds. The number of carbonyl (C=O) groups excluding carboxylic acids is 2. The standard InChI is InChI=1S/C29H34F3N5O4/c1-16-18(29(30,31)32)3-2-4-19(16)34-9-11-35(12-10-34)20(39)15-37-27-24-21-22(24)23(21)25(27)26(33-37)28(40)36-7-5-17(6-8-36)41-14-13-38/h2-4,17,21-24,38H,5-15H2,1H3/t21-,22?,23?,24?/m0/s1. The minimum absolute atomic E-state index is 0.0164. The van der Waals surface area contributed by atoms with E-state index in [4.69, 9.17) is 14.9 Å². The smallest absolute Gasteiger partial charge is 0.394 e. The number of halogens is 3. The van der Waals surface area contributed by atoms with Crippen LogP contribution in [0.15, 0.2) is 18.2 Å². The Morgan fingerprint density at radius 1 is 1.02 bits per heavy atom. The number of ether oxygens (including phenoxy) is 1. The van der Waals surface area contributed by atoms with E-state index in [9.17, 15) is 22.8 Å². The van der Waals surface area contributed by atoms with Crippen LogP contribution in [0, 0.1) is 18.8 Å². The number of piperazine rings is 1. The fourth-order valence-electron chi connectivity index (χ4n) is 7.51. The monoisotopic (exact) mass is 573 g/mol. The molecule has 2 aromatic rings. The van der Waals surface area contributed by atoms with Crippen LogP contribution in [0.2, 0.25) is 0 Å². The second kappa shape index (κ2) is 9.72. The maximum Gasteiger partial charge on any atom is 0.416 e. The number of hydrogen-bond donors (Lipinski definition) is 1. The summed E-state index contributed by atoms with van der Waals surface area (Å²) in [6.45, 7) is 4.71. The molecule has 220 valence electrons. The Bertz CT molecular complexity index is 1370. The van der Waals surface area contributed by atoms with Gasteiger partial charge in [-0.25, -0.2) is 0 Å². The van der Waals surface area contributed by atoms with E-state index in [0.717, 1.165) is 30.2 Å². The summed E-state index contributed by atoms with van der Waals surface area (Å²) in [5, 5.41) is 13.7. The van der Waals surface area contributed by atoms with Gasteiger partial charge in [-0.1, -0.05) is 6.07 Å². The number of aliphatic hydroxyl groups is 1. The van der Waals surface area contributed by atoms with Crippen LogP contribution < -0.4 is 4.90 Å². The lowest BCUT2D eigenvalue weighted by Crippen LogP contribution is -2.50. The lowest BCUT2D eigenvalue weighted by atomic mass is 10.0. The summed E-state index contributed by atoms with van der Waals surface area (Å²) < 4.78 is 47.6. The minimum Gasteiger partial charge on any atom is -0.394 e. The number of nitrogens with zero attached hydrogens (tertiary/aromatic N) is 5. The van der Waals surface area contributed by atoms with Crippen LogP contribution in [0.5, 0.6) is 0 Å². The molecule has 2 saturated carbocycles. The zero-order valence-corrected chi connectivity index (χ0v) is 22.9. The number of rotatable bonds is 7. The molecule has 4 fully saturated rings. The van der Waals surface area contributed by atoms with Gasteiger partial charge >= 0.3 is 6.18 Å². The molecule has 12 heteroatoms. The van der Waals surface area contributed by atoms with Crippen LogP contribution in [0.25, 0.3) is 0 Å². The van der Waals surface area contributed by atoms with Crippen molar-refractivity contribution < 1.29 is 32.6 Å². The number of piperidine rings is 1. The quantitative estimate of drug-likeness (QED) is 0.548. The first kappa shape index (κ1) is 26.8. The average molecular weight is 574 g/mol. The van der Waals surface area contributed by atoms with Gasteiger partial charge in [-0.15, -0.1) is 0 Å². The van der Waals surface area contributed by atoms with Gasteiger partial charge in [0, 0.05) is 62.1 Å². The van der Waals surface area contributed by atoms with Crippen LogP contribution in [-0.2, 0) is 22.3 Å². The van der Waals surface area contributed by atoms with Gasteiger partial charge in [0.25, 0.3) is 5.91 Å². The molecule has 1 aromatic heterocycles. The molecule has 8 rings (SSSR count). The van der Waals surface area contributed by atoms with E-state index in [1.54, 1.807) is 15.6 Å². The number of benzene rings is 1. The molecule has 3 unspecified atom stereocenters. The SMILES string of the molecule is Cc1c(N2CCN(C(=O)Cn3nc(C(=O)N4CCC(OCCO)CC4)c4c3C3C5C4[C@@H]35)CC2)cccc1C(F)(F)F. The van der Waals surface area contributed by atoms with E-state index in [-0.39, 0.29) is 36.6 Å². The second-order valence-corrected chi connectivity index (χ2v) is 11.9. The van der Waals surface area contributed by atoms with Crippen molar-refractivity contribution in [2.75, 3.05) is 57.4 Å². The highest BCUT2D eigenvalue weighted by Crippen LogP contribution is 2.88. The van der Waals surface area contributed by atoms with E-state index in [1.165, 1.54) is 13.0 Å². The number of anilines is 1. The van der Waals surface area contributed by atoms with Gasteiger partial charge in [-0.05, 0) is 55.2 Å². The molecular formula is C29H34F3N5O4. The molecule has 2 saturated heterocycles. The van der Waals surface area contributed by atoms with Gasteiger partial charge in [-0.2, -0.15) is 18.3 Å². The van der Waals surface area contributed by atoms with Crippen molar-refractivity contribution in [3.63, 3.8) is 0 Å². The molecule has 0 radical (unpaired) electrons. The number of amides is 2. The number of likely N-dealkylation sites (tertiary alicyclic amines) is 1. The fraction of sp³-hybridized carbons (Fsp3) is 0.621. The Balaban J connectivity index is 1.01. The Labute approximate surface area is 235 Å². The number of aromatic nitrogens is 2. The van der Waals surface area contributed by atoms with Gasteiger partial charge in [0.05, 0.1) is 24.9 Å². The first-order valence-corrected chi connectivity index (χ1v) is 14.5. The first-order chi connectivity index (χ1) is 19.7. The van der Waals surface area contributed by atoms with Gasteiger partial charge in [0.1, 0.15) is 6.54 Å². The van der Waals surface area contributed by atoms with Gasteiger partial charge in [-0.3, -0.25) is 14.3 Å². The Morgan fingerprint density at radius 3 is 2.39 bits per heavy atom. The summed E-state index contributed by atoms with van der Waals surface area (Å²) in [6.07, 6.45) is -2.93. The molecular weight excluding hydrogens is 539 g/mol. The highest BCUT2D eigenvalue weighted by Gasteiger charge is 2.81. The maximum absolute atomic E-state index is 13.5. The number of hydrogen-bond acceptors (Lipinski definition) is 6. The van der Waals surface area contributed by atoms with Crippen molar-refractivity contribution >= 4 is 17.5 Å². The summed E-state index contributed by atoms with van der Waals surface area (Å²) in [5.74, 6) is 1.86. The van der Waals surface area contributed by atoms with Crippen LogP contribution in [0.4, 0.5) is 18.9 Å². The van der Waals surface area contributed by atoms with Gasteiger partial charge in [0.2, 0.25) is 5.91 Å². The van der Waals surface area contributed by atoms with Crippen molar-refractivity contribution in [1.29, 1.82) is 0 Å². The van der Waals surface area contributed by atoms with E-state index in [1.807, 2.05) is 9.80 Å². The van der Waals surface area contributed by atoms with E-state index < -0.39 is 11.7 Å². The lowest BCUT2D eigenvalue weighted by Gasteiger charge is -2.37. The van der Waals surface area contributed by atoms with Crippen molar-refractivity contribution in [2.45, 2.75) is 50.4 Å². The summed E-state index contributed by atoms with van der Waals surface area (Å²) in [5.41, 5.74) is 2.71. The number of alkyl halides is 3. The Morgan fingerprint density at radius 2 is 1.73 bits per heavy atom. The van der Waals surface area contributed by atoms with E-state index in [2.05, 4.69) is 0 Å². The predicted molar refractivity (Wildman–Crippen MR) is 142 cm³/mol. The van der Waals surface area contributed by atoms with Crippen LogP contribution >= 0.6 is 0 Å². The molecule has 6 aliphatic rings. The zero-order valence-electron chi connectivity index (χ0n) is 22.9. The lowest BCUT2D eigenvalue weighted by molar-refractivity contribution is -0.138. The molecule has 3 heterocycles. The van der Waals surface area contributed by atoms with Gasteiger partial charge in [0.15, 0.2) is 5.69 Å². The molecule has 2 bridgehead atoms. The highest BCUT2D eigenvalue weighted by atomic mass is 19.4. The number of aliphatic hydroxyl groups excluding tert-OH is 1. The maximum atomic E-state index is 13.5. The Hall–Kier alpha value is -3.12.